The first-order valence-electron chi connectivity index (χ1n) is 8.55. The highest BCUT2D eigenvalue weighted by Gasteiger charge is 2.34. The average Bonchev–Trinajstić information content (AvgIpc) is 2.61. The summed E-state index contributed by atoms with van der Waals surface area (Å²) in [6.45, 7) is 3.01. The number of halogens is 1. The maximum Gasteiger partial charge on any atom is 0.258 e. The zero-order chi connectivity index (χ0) is 19.7. The van der Waals surface area contributed by atoms with Crippen molar-refractivity contribution < 1.29 is 9.13 Å². The van der Waals surface area contributed by atoms with Crippen LogP contribution in [0.3, 0.4) is 0 Å². The fraction of sp³-hybridized carbons (Fsp3) is 0.300. The van der Waals surface area contributed by atoms with Crippen LogP contribution in [-0.4, -0.2) is 30.1 Å². The third-order valence-corrected chi connectivity index (χ3v) is 4.66. The van der Waals surface area contributed by atoms with E-state index in [4.69, 9.17) is 10.5 Å². The molecule has 1 aliphatic rings. The lowest BCUT2D eigenvalue weighted by Gasteiger charge is -2.27. The van der Waals surface area contributed by atoms with Gasteiger partial charge in [0.05, 0.1) is 11.5 Å². The molecule has 0 saturated heterocycles. The van der Waals surface area contributed by atoms with E-state index in [1.54, 1.807) is 22.8 Å². The Morgan fingerprint density at radius 2 is 2.00 bits per heavy atom. The van der Waals surface area contributed by atoms with Gasteiger partial charge in [0.25, 0.3) is 5.56 Å². The number of aryl methyl sites for hydroxylation is 1. The maximum absolute atomic E-state index is 13.4. The highest BCUT2D eigenvalue weighted by atomic mass is 19.1. The number of rotatable bonds is 4. The second kappa shape index (κ2) is 7.25. The van der Waals surface area contributed by atoms with Gasteiger partial charge in [0, 0.05) is 24.8 Å². The molecular weight excluding hydrogens is 347 g/mol. The monoisotopic (exact) mass is 368 g/mol. The molecule has 0 fully saturated rings. The molecule has 1 atom stereocenters. The van der Waals surface area contributed by atoms with Crippen LogP contribution in [0.4, 0.5) is 4.39 Å². The SMILES string of the molecule is Cc1cc2c(c(=O)n1CCN(C)C)[C@H](c1ccc(F)cc1)C(C#N)=C(N)O2. The largest absolute Gasteiger partial charge is 0.440 e. The molecule has 2 N–H and O–H groups in total. The lowest BCUT2D eigenvalue weighted by Crippen LogP contribution is -2.34. The van der Waals surface area contributed by atoms with Crippen molar-refractivity contribution in [1.29, 1.82) is 5.26 Å². The summed E-state index contributed by atoms with van der Waals surface area (Å²) in [7, 11) is 3.86. The molecule has 7 heteroatoms. The molecule has 1 aromatic carbocycles. The first-order chi connectivity index (χ1) is 12.8. The normalized spacial score (nSPS) is 16.1. The molecule has 1 aliphatic heterocycles. The molecular formula is C20H21FN4O2. The van der Waals surface area contributed by atoms with E-state index in [2.05, 4.69) is 0 Å². The number of benzene rings is 1. The third kappa shape index (κ3) is 3.44. The molecule has 27 heavy (non-hydrogen) atoms. The lowest BCUT2D eigenvalue weighted by molar-refractivity contribution is 0.369. The highest BCUT2D eigenvalue weighted by Crippen LogP contribution is 2.40. The smallest absolute Gasteiger partial charge is 0.258 e. The van der Waals surface area contributed by atoms with Crippen LogP contribution in [0, 0.1) is 24.1 Å². The van der Waals surface area contributed by atoms with Crippen molar-refractivity contribution >= 4 is 0 Å². The third-order valence-electron chi connectivity index (χ3n) is 4.66. The second-order valence-corrected chi connectivity index (χ2v) is 6.80. The molecule has 0 bridgehead atoms. The van der Waals surface area contributed by atoms with E-state index in [9.17, 15) is 14.4 Å². The molecule has 140 valence electrons. The predicted molar refractivity (Wildman–Crippen MR) is 99.7 cm³/mol. The molecule has 0 unspecified atom stereocenters. The molecule has 2 aromatic rings. The van der Waals surface area contributed by atoms with Crippen molar-refractivity contribution in [3.63, 3.8) is 0 Å². The van der Waals surface area contributed by atoms with Crippen LogP contribution in [0.1, 0.15) is 22.7 Å². The first-order valence-corrected chi connectivity index (χ1v) is 8.55. The summed E-state index contributed by atoms with van der Waals surface area (Å²) < 4.78 is 20.6. The van der Waals surface area contributed by atoms with Crippen molar-refractivity contribution in [2.24, 2.45) is 5.73 Å². The summed E-state index contributed by atoms with van der Waals surface area (Å²) in [6.07, 6.45) is 0. The molecule has 3 rings (SSSR count). The van der Waals surface area contributed by atoms with Crippen LogP contribution in [0.2, 0.25) is 0 Å². The predicted octanol–water partition coefficient (Wildman–Crippen LogP) is 2.08. The Morgan fingerprint density at radius 3 is 2.59 bits per heavy atom. The minimum Gasteiger partial charge on any atom is -0.440 e. The van der Waals surface area contributed by atoms with Crippen LogP contribution in [0.5, 0.6) is 5.75 Å². The Labute approximate surface area is 156 Å². The summed E-state index contributed by atoms with van der Waals surface area (Å²) in [5.41, 5.74) is 7.55. The van der Waals surface area contributed by atoms with Gasteiger partial charge in [-0.3, -0.25) is 4.79 Å². The average molecular weight is 368 g/mol. The molecule has 0 aliphatic carbocycles. The van der Waals surface area contributed by atoms with Gasteiger partial charge < -0.3 is 19.9 Å². The van der Waals surface area contributed by atoms with Gasteiger partial charge in [-0.05, 0) is 38.7 Å². The summed E-state index contributed by atoms with van der Waals surface area (Å²) >= 11 is 0. The molecule has 0 amide bonds. The van der Waals surface area contributed by atoms with Gasteiger partial charge in [0.2, 0.25) is 5.88 Å². The van der Waals surface area contributed by atoms with E-state index in [0.29, 0.717) is 30.0 Å². The zero-order valence-corrected chi connectivity index (χ0v) is 15.5. The number of hydrogen-bond donors (Lipinski definition) is 1. The van der Waals surface area contributed by atoms with Gasteiger partial charge in [0.1, 0.15) is 23.2 Å². The number of fused-ring (bicyclic) bond motifs is 1. The van der Waals surface area contributed by atoms with Gasteiger partial charge in [-0.2, -0.15) is 5.26 Å². The van der Waals surface area contributed by atoms with E-state index in [1.807, 2.05) is 32.0 Å². The Morgan fingerprint density at radius 1 is 1.33 bits per heavy atom. The molecule has 1 aromatic heterocycles. The second-order valence-electron chi connectivity index (χ2n) is 6.80. The summed E-state index contributed by atoms with van der Waals surface area (Å²) in [4.78, 5) is 15.3. The number of likely N-dealkylation sites (N-methyl/N-ethyl adjacent to an activating group) is 1. The van der Waals surface area contributed by atoms with E-state index in [1.165, 1.54) is 12.1 Å². The van der Waals surface area contributed by atoms with Gasteiger partial charge in [-0.25, -0.2) is 4.39 Å². The first kappa shape index (κ1) is 18.7. The highest BCUT2D eigenvalue weighted by molar-refractivity contribution is 5.55. The van der Waals surface area contributed by atoms with Crippen LogP contribution < -0.4 is 16.0 Å². The number of hydrogen-bond acceptors (Lipinski definition) is 5. The minimum atomic E-state index is -0.696. The van der Waals surface area contributed by atoms with Crippen LogP contribution >= 0.6 is 0 Å². The maximum atomic E-state index is 13.4. The minimum absolute atomic E-state index is 0.0378. The van der Waals surface area contributed by atoms with Gasteiger partial charge >= 0.3 is 0 Å². The van der Waals surface area contributed by atoms with E-state index in [0.717, 1.165) is 5.69 Å². The number of allylic oxidation sites excluding steroid dienone is 1. The van der Waals surface area contributed by atoms with Crippen molar-refractivity contribution in [3.05, 3.63) is 74.8 Å². The van der Waals surface area contributed by atoms with E-state index in [-0.39, 0.29) is 17.0 Å². The number of pyridine rings is 1. The molecule has 6 nitrogen and oxygen atoms in total. The van der Waals surface area contributed by atoms with Crippen LogP contribution in [0.15, 0.2) is 46.6 Å². The number of nitrogens with two attached hydrogens (primary N) is 1. The molecule has 2 heterocycles. The summed E-state index contributed by atoms with van der Waals surface area (Å²) in [5, 5.41) is 9.61. The van der Waals surface area contributed by atoms with Gasteiger partial charge in [0.15, 0.2) is 0 Å². The summed E-state index contributed by atoms with van der Waals surface area (Å²) in [5.74, 6) is -0.791. The number of ether oxygens (including phenoxy) is 1. The van der Waals surface area contributed by atoms with Crippen molar-refractivity contribution in [2.75, 3.05) is 20.6 Å². The fourth-order valence-corrected chi connectivity index (χ4v) is 3.25. The Kier molecular flexibility index (Phi) is 5.02. The van der Waals surface area contributed by atoms with Crippen LogP contribution in [-0.2, 0) is 6.54 Å². The van der Waals surface area contributed by atoms with Crippen LogP contribution in [0.25, 0.3) is 0 Å². The molecule has 0 radical (unpaired) electrons. The quantitative estimate of drug-likeness (QED) is 0.893. The van der Waals surface area contributed by atoms with Crippen molar-refractivity contribution in [3.8, 4) is 11.8 Å². The zero-order valence-electron chi connectivity index (χ0n) is 15.5. The lowest BCUT2D eigenvalue weighted by atomic mass is 9.84. The Bertz CT molecular complexity index is 1000. The topological polar surface area (TPSA) is 84.3 Å². The fourth-order valence-electron chi connectivity index (χ4n) is 3.25. The van der Waals surface area contributed by atoms with Gasteiger partial charge in [-0.15, -0.1) is 0 Å². The van der Waals surface area contributed by atoms with E-state index < -0.39 is 11.7 Å². The molecule has 0 saturated carbocycles. The van der Waals surface area contributed by atoms with E-state index >= 15 is 0 Å². The van der Waals surface area contributed by atoms with Gasteiger partial charge in [-0.1, -0.05) is 12.1 Å². The standard InChI is InChI=1S/C20H21FN4O2/c1-12-10-16-18(20(26)25(12)9-8-24(2)3)17(15(11-22)19(23)27-16)13-4-6-14(21)7-5-13/h4-7,10,17H,8-9,23H2,1-3H3/t17-/m1/s1. The summed E-state index contributed by atoms with van der Waals surface area (Å²) in [6, 6.07) is 9.52. The van der Waals surface area contributed by atoms with Crippen molar-refractivity contribution in [2.45, 2.75) is 19.4 Å². The van der Waals surface area contributed by atoms with Crippen molar-refractivity contribution in [1.82, 2.24) is 9.47 Å². The number of aromatic nitrogens is 1. The Hall–Kier alpha value is -3.11. The Balaban J connectivity index is 2.22. The molecule has 0 spiro atoms. The number of nitriles is 1. The number of nitrogens with zero attached hydrogens (tertiary/aromatic N) is 3.